The summed E-state index contributed by atoms with van der Waals surface area (Å²) in [5.41, 5.74) is 6.47. The summed E-state index contributed by atoms with van der Waals surface area (Å²) in [4.78, 5) is 5.68. The van der Waals surface area contributed by atoms with Crippen LogP contribution in [0, 0.1) is 11.3 Å². The third kappa shape index (κ3) is 3.92. The van der Waals surface area contributed by atoms with Gasteiger partial charge in [0, 0.05) is 26.0 Å². The SMILES string of the molecule is CN(CCS(C)(=O)=O)c1ncc(C#N)cc1N. The second-order valence-electron chi connectivity index (χ2n) is 3.80. The van der Waals surface area contributed by atoms with E-state index in [2.05, 4.69) is 4.98 Å². The van der Waals surface area contributed by atoms with Gasteiger partial charge < -0.3 is 10.6 Å². The quantitative estimate of drug-likeness (QED) is 0.812. The third-order valence-electron chi connectivity index (χ3n) is 2.18. The molecule has 0 aromatic carbocycles. The van der Waals surface area contributed by atoms with Gasteiger partial charge in [-0.25, -0.2) is 13.4 Å². The maximum absolute atomic E-state index is 11.0. The molecule has 0 fully saturated rings. The van der Waals surface area contributed by atoms with Crippen molar-refractivity contribution in [3.63, 3.8) is 0 Å². The Morgan fingerprint density at radius 3 is 2.71 bits per heavy atom. The summed E-state index contributed by atoms with van der Waals surface area (Å²) >= 11 is 0. The van der Waals surface area contributed by atoms with E-state index in [4.69, 9.17) is 11.0 Å². The zero-order chi connectivity index (χ0) is 13.1. The van der Waals surface area contributed by atoms with Crippen LogP contribution in [0.15, 0.2) is 12.3 Å². The molecule has 1 aromatic rings. The van der Waals surface area contributed by atoms with Crippen LogP contribution in [0.2, 0.25) is 0 Å². The Hall–Kier alpha value is -1.81. The molecule has 0 aliphatic heterocycles. The fourth-order valence-electron chi connectivity index (χ4n) is 1.26. The first-order chi connectivity index (χ1) is 7.83. The van der Waals surface area contributed by atoms with Crippen molar-refractivity contribution in [1.82, 2.24) is 4.98 Å². The molecule has 0 saturated heterocycles. The van der Waals surface area contributed by atoms with E-state index in [0.717, 1.165) is 0 Å². The van der Waals surface area contributed by atoms with Crippen molar-refractivity contribution >= 4 is 21.3 Å². The molecule has 2 N–H and O–H groups in total. The number of hydrogen-bond donors (Lipinski definition) is 1. The molecule has 0 amide bonds. The van der Waals surface area contributed by atoms with Crippen LogP contribution in [-0.2, 0) is 9.84 Å². The average molecular weight is 254 g/mol. The number of pyridine rings is 1. The van der Waals surface area contributed by atoms with Gasteiger partial charge in [0.05, 0.1) is 17.0 Å². The molecule has 0 atom stereocenters. The average Bonchev–Trinajstić information content (AvgIpc) is 2.24. The fraction of sp³-hybridized carbons (Fsp3) is 0.400. The first-order valence-corrected chi connectivity index (χ1v) is 6.94. The molecule has 0 saturated carbocycles. The maximum Gasteiger partial charge on any atom is 0.151 e. The summed E-state index contributed by atoms with van der Waals surface area (Å²) in [5.74, 6) is 0.512. The second-order valence-corrected chi connectivity index (χ2v) is 6.06. The molecule has 1 heterocycles. The van der Waals surface area contributed by atoms with Crippen molar-refractivity contribution in [1.29, 1.82) is 5.26 Å². The second kappa shape index (κ2) is 5.01. The molecule has 1 rings (SSSR count). The molecule has 0 aliphatic carbocycles. The molecule has 0 aliphatic rings. The van der Waals surface area contributed by atoms with Crippen LogP contribution in [0.25, 0.3) is 0 Å². The van der Waals surface area contributed by atoms with E-state index >= 15 is 0 Å². The van der Waals surface area contributed by atoms with Crippen molar-refractivity contribution in [2.75, 3.05) is 36.2 Å². The number of sulfone groups is 1. The van der Waals surface area contributed by atoms with Gasteiger partial charge >= 0.3 is 0 Å². The van der Waals surface area contributed by atoms with E-state index in [1.165, 1.54) is 18.5 Å². The Balaban J connectivity index is 2.83. The van der Waals surface area contributed by atoms with Crippen LogP contribution >= 0.6 is 0 Å². The Kier molecular flexibility index (Phi) is 3.91. The van der Waals surface area contributed by atoms with Crippen LogP contribution in [-0.4, -0.2) is 39.0 Å². The van der Waals surface area contributed by atoms with Crippen LogP contribution < -0.4 is 10.6 Å². The van der Waals surface area contributed by atoms with Gasteiger partial charge in [0.25, 0.3) is 0 Å². The topological polar surface area (TPSA) is 100 Å². The normalized spacial score (nSPS) is 10.9. The number of rotatable bonds is 4. The highest BCUT2D eigenvalue weighted by molar-refractivity contribution is 7.90. The van der Waals surface area contributed by atoms with Gasteiger partial charge in [-0.15, -0.1) is 0 Å². The highest BCUT2D eigenvalue weighted by Crippen LogP contribution is 2.19. The lowest BCUT2D eigenvalue weighted by molar-refractivity contribution is 0.601. The molecule has 7 heteroatoms. The molecular weight excluding hydrogens is 240 g/mol. The highest BCUT2D eigenvalue weighted by Gasteiger charge is 2.10. The minimum Gasteiger partial charge on any atom is -0.396 e. The number of hydrogen-bond acceptors (Lipinski definition) is 6. The Morgan fingerprint density at radius 1 is 1.59 bits per heavy atom. The van der Waals surface area contributed by atoms with Gasteiger partial charge in [-0.2, -0.15) is 5.26 Å². The van der Waals surface area contributed by atoms with Gasteiger partial charge in [-0.1, -0.05) is 0 Å². The first kappa shape index (κ1) is 13.3. The minimum atomic E-state index is -3.02. The van der Waals surface area contributed by atoms with E-state index in [9.17, 15) is 8.42 Å². The molecule has 6 nitrogen and oxygen atoms in total. The molecule has 17 heavy (non-hydrogen) atoms. The molecule has 0 spiro atoms. The number of nitrogens with two attached hydrogens (primary N) is 1. The largest absolute Gasteiger partial charge is 0.396 e. The van der Waals surface area contributed by atoms with Crippen LogP contribution in [0.4, 0.5) is 11.5 Å². The molecular formula is C10H14N4O2S. The van der Waals surface area contributed by atoms with Gasteiger partial charge in [0.2, 0.25) is 0 Å². The van der Waals surface area contributed by atoms with Crippen molar-refractivity contribution in [2.24, 2.45) is 0 Å². The van der Waals surface area contributed by atoms with E-state index in [0.29, 0.717) is 23.6 Å². The van der Waals surface area contributed by atoms with Crippen molar-refractivity contribution < 1.29 is 8.42 Å². The lowest BCUT2D eigenvalue weighted by Crippen LogP contribution is -2.26. The smallest absolute Gasteiger partial charge is 0.151 e. The van der Waals surface area contributed by atoms with Crippen LogP contribution in [0.3, 0.4) is 0 Å². The minimum absolute atomic E-state index is 0.0324. The monoisotopic (exact) mass is 254 g/mol. The predicted molar refractivity (Wildman–Crippen MR) is 66.3 cm³/mol. The van der Waals surface area contributed by atoms with E-state index in [-0.39, 0.29) is 5.75 Å². The summed E-state index contributed by atoms with van der Waals surface area (Å²) < 4.78 is 22.1. The van der Waals surface area contributed by atoms with E-state index < -0.39 is 9.84 Å². The van der Waals surface area contributed by atoms with Crippen molar-refractivity contribution in [2.45, 2.75) is 0 Å². The van der Waals surface area contributed by atoms with Crippen LogP contribution in [0.5, 0.6) is 0 Å². The fourth-order valence-corrected chi connectivity index (χ4v) is 1.87. The van der Waals surface area contributed by atoms with Gasteiger partial charge in [0.1, 0.15) is 15.9 Å². The third-order valence-corrected chi connectivity index (χ3v) is 3.11. The zero-order valence-corrected chi connectivity index (χ0v) is 10.5. The maximum atomic E-state index is 11.0. The van der Waals surface area contributed by atoms with Crippen molar-refractivity contribution in [3.8, 4) is 6.07 Å². The first-order valence-electron chi connectivity index (χ1n) is 4.88. The van der Waals surface area contributed by atoms with E-state index in [1.807, 2.05) is 6.07 Å². The van der Waals surface area contributed by atoms with Crippen molar-refractivity contribution in [3.05, 3.63) is 17.8 Å². The van der Waals surface area contributed by atoms with Gasteiger partial charge in [0.15, 0.2) is 5.82 Å². The van der Waals surface area contributed by atoms with Gasteiger partial charge in [-0.3, -0.25) is 0 Å². The highest BCUT2D eigenvalue weighted by atomic mass is 32.2. The Labute approximate surface area is 101 Å². The standard InChI is InChI=1S/C10H14N4O2S/c1-14(3-4-17(2,15)16)10-9(12)5-8(6-11)7-13-10/h5,7H,3-4,12H2,1-2H3. The molecule has 1 aromatic heterocycles. The lowest BCUT2D eigenvalue weighted by Gasteiger charge is -2.19. The Bertz CT molecular complexity index is 548. The molecule has 0 unspecified atom stereocenters. The summed E-state index contributed by atoms with van der Waals surface area (Å²) in [6, 6.07) is 3.45. The predicted octanol–water partition coefficient (Wildman–Crippen LogP) is 0.0163. The number of nitriles is 1. The molecule has 92 valence electrons. The van der Waals surface area contributed by atoms with Crippen LogP contribution in [0.1, 0.15) is 5.56 Å². The van der Waals surface area contributed by atoms with Gasteiger partial charge in [-0.05, 0) is 6.07 Å². The summed E-state index contributed by atoms with van der Waals surface area (Å²) in [7, 11) is -1.31. The summed E-state index contributed by atoms with van der Waals surface area (Å²) in [6.07, 6.45) is 2.58. The summed E-state index contributed by atoms with van der Waals surface area (Å²) in [6.45, 7) is 0.307. The van der Waals surface area contributed by atoms with E-state index in [1.54, 1.807) is 11.9 Å². The molecule has 0 radical (unpaired) electrons. The molecule has 0 bridgehead atoms. The summed E-state index contributed by atoms with van der Waals surface area (Å²) in [5, 5.41) is 8.66. The number of anilines is 2. The lowest BCUT2D eigenvalue weighted by atomic mass is 10.2. The number of aromatic nitrogens is 1. The zero-order valence-electron chi connectivity index (χ0n) is 9.71. The number of nitrogens with zero attached hydrogens (tertiary/aromatic N) is 3. The Morgan fingerprint density at radius 2 is 2.24 bits per heavy atom. The number of nitrogen functional groups attached to an aromatic ring is 1.